The van der Waals surface area contributed by atoms with Crippen molar-refractivity contribution in [3.63, 3.8) is 0 Å². The Labute approximate surface area is 408 Å². The lowest BCUT2D eigenvalue weighted by molar-refractivity contribution is -0.134. The first kappa shape index (κ1) is 72.3. The number of carboxylic acids is 1. The summed E-state index contributed by atoms with van der Waals surface area (Å²) in [5.41, 5.74) is 0. The van der Waals surface area contributed by atoms with Crippen LogP contribution in [-0.2, 0) is 4.79 Å². The normalized spacial score (nSPS) is 10.7. The molecule has 59 heavy (non-hydrogen) atoms. The van der Waals surface area contributed by atoms with Gasteiger partial charge in [0.15, 0.2) is 0 Å². The maximum atomic E-state index is 9.00. The van der Waals surface area contributed by atoms with E-state index in [0.717, 1.165) is 71.6 Å². The van der Waals surface area contributed by atoms with Crippen LogP contribution in [0.2, 0.25) is 0 Å². The van der Waals surface area contributed by atoms with Crippen molar-refractivity contribution in [2.75, 3.05) is 62.2 Å². The lowest BCUT2D eigenvalue weighted by atomic mass is 10.1. The number of aliphatic carboxylic acids is 1. The fourth-order valence-electron chi connectivity index (χ4n) is 3.07. The maximum Gasteiger partial charge on any atom is 0.300 e. The van der Waals surface area contributed by atoms with Gasteiger partial charge in [0.05, 0.1) is 48.2 Å². The zero-order chi connectivity index (χ0) is 46.3. The average molecular weight is 1000 g/mol. The van der Waals surface area contributed by atoms with E-state index in [-0.39, 0.29) is 0 Å². The summed E-state index contributed by atoms with van der Waals surface area (Å²) >= 11 is 35.9. The molecule has 0 radical (unpaired) electrons. The molecule has 19 heteroatoms. The zero-order valence-electron chi connectivity index (χ0n) is 36.3. The summed E-state index contributed by atoms with van der Waals surface area (Å²) < 4.78 is 0. The molecule has 9 nitrogen and oxygen atoms in total. The van der Waals surface area contributed by atoms with E-state index in [1.807, 2.05) is 48.3 Å². The molecule has 0 aromatic rings. The molecule has 0 saturated carbocycles. The minimum atomic E-state index is -0.833. The lowest BCUT2D eigenvalue weighted by Gasteiger charge is -2.08. The van der Waals surface area contributed by atoms with Crippen LogP contribution in [0.5, 0.6) is 0 Å². The van der Waals surface area contributed by atoms with Crippen LogP contribution in [0, 0.1) is 5.41 Å². The molecule has 1 aliphatic rings. The van der Waals surface area contributed by atoms with Gasteiger partial charge in [-0.25, -0.2) is 35.4 Å². The van der Waals surface area contributed by atoms with Gasteiger partial charge in [-0.05, 0) is 186 Å². The Morgan fingerprint density at radius 2 is 0.983 bits per heavy atom. The zero-order valence-corrected chi connectivity index (χ0v) is 44.4. The van der Waals surface area contributed by atoms with E-state index in [2.05, 4.69) is 185 Å². The van der Waals surface area contributed by atoms with Gasteiger partial charge < -0.3 is 5.11 Å². The van der Waals surface area contributed by atoms with Crippen molar-refractivity contribution in [2.24, 2.45) is 30.0 Å². The van der Waals surface area contributed by atoms with Gasteiger partial charge in [-0.2, -0.15) is 35.3 Å². The number of hydrogen-bond acceptors (Lipinski definition) is 18. The largest absolute Gasteiger partial charge is 0.481 e. The number of nitrogens with zero attached hydrogens (tertiary/aromatic N) is 6. The molecule has 0 heterocycles. The highest BCUT2D eigenvalue weighted by atomic mass is 32.2. The third-order valence-electron chi connectivity index (χ3n) is 6.31. The smallest absolute Gasteiger partial charge is 0.300 e. The van der Waals surface area contributed by atoms with Crippen LogP contribution in [0.3, 0.4) is 0 Å². The van der Waals surface area contributed by atoms with Crippen molar-refractivity contribution in [2.45, 2.75) is 130 Å². The molecule has 0 aromatic carbocycles. The molecule has 0 fully saturated rings. The molecular weight excluding hydrogens is 931 g/mol. The van der Waals surface area contributed by atoms with Crippen LogP contribution in [0.25, 0.3) is 0 Å². The van der Waals surface area contributed by atoms with Gasteiger partial charge in [0.1, 0.15) is 0 Å². The van der Waals surface area contributed by atoms with Gasteiger partial charge in [0, 0.05) is 33.1 Å². The third kappa shape index (κ3) is 113. The molecule has 0 aliphatic heterocycles. The summed E-state index contributed by atoms with van der Waals surface area (Å²) in [7, 11) is 0. The van der Waals surface area contributed by atoms with Crippen LogP contribution < -0.4 is 0 Å². The Hall–Kier alpha value is -1.14. The van der Waals surface area contributed by atoms with E-state index in [1.165, 1.54) is 68.6 Å². The molecule has 336 valence electrons. The second-order valence-corrected chi connectivity index (χ2v) is 15.6. The van der Waals surface area contributed by atoms with Crippen LogP contribution in [0.4, 0.5) is 0 Å². The predicted octanol–water partition coefficient (Wildman–Crippen LogP) is 14.2. The summed E-state index contributed by atoms with van der Waals surface area (Å²) in [4.78, 5) is 31.9. The summed E-state index contributed by atoms with van der Waals surface area (Å²) in [6.45, 7) is 10.8. The highest BCUT2D eigenvalue weighted by Crippen LogP contribution is 2.10. The predicted molar refractivity (Wildman–Crippen MR) is 292 cm³/mol. The number of nitrogens with one attached hydrogen (secondary N) is 1. The molecule has 2 unspecified atom stereocenters. The van der Waals surface area contributed by atoms with Gasteiger partial charge in [-0.1, -0.05) is 58.1 Å². The quantitative estimate of drug-likeness (QED) is 0.0390. The second kappa shape index (κ2) is 80.8. The van der Waals surface area contributed by atoms with Crippen molar-refractivity contribution < 1.29 is 9.90 Å². The number of aliphatic imine (C=N–C) groups is 6. The molecular formula is C40H69N7O2S10. The Kier molecular flexibility index (Phi) is 99.0. The van der Waals surface area contributed by atoms with Gasteiger partial charge >= 0.3 is 0 Å². The lowest BCUT2D eigenvalue weighted by Crippen LogP contribution is -2.04. The van der Waals surface area contributed by atoms with Crippen LogP contribution in [0.15, 0.2) is 42.1 Å². The maximum absolute atomic E-state index is 9.00. The molecule has 0 aromatic heterocycles. The Bertz CT molecular complexity index is 1250. The number of hydrogen-bond donors (Lipinski definition) is 2. The van der Waals surface area contributed by atoms with Gasteiger partial charge in [-0.3, -0.25) is 4.79 Å². The topological polar surface area (TPSA) is 135 Å². The first-order valence-electron chi connectivity index (χ1n) is 19.2. The number of unbranched alkanes of at least 4 members (excludes halogenated alkanes) is 8. The first-order valence-corrected chi connectivity index (χ1v) is 26.2. The number of isothiocyanates is 7. The highest BCUT2D eigenvalue weighted by molar-refractivity contribution is 7.99. The minimum Gasteiger partial charge on any atom is -0.481 e. The minimum absolute atomic E-state index is 0.359. The van der Waals surface area contributed by atoms with Crippen LogP contribution >= 0.6 is 121 Å². The van der Waals surface area contributed by atoms with E-state index in [4.69, 9.17) is 15.3 Å². The number of rotatable bonds is 25. The molecule has 0 amide bonds. The molecule has 1 aliphatic carbocycles. The van der Waals surface area contributed by atoms with Crippen molar-refractivity contribution in [1.82, 2.24) is 0 Å². The summed E-state index contributed by atoms with van der Waals surface area (Å²) in [5, 5.41) is 28.8. The number of thioether (sulfide) groups is 3. The summed E-state index contributed by atoms with van der Waals surface area (Å²) in [6.07, 6.45) is 27.4. The monoisotopic (exact) mass is 999 g/mol. The van der Waals surface area contributed by atoms with Crippen molar-refractivity contribution in [1.29, 1.82) is 5.41 Å². The standard InChI is InChI=1S/C8H15NS2.C7H13NS2.C6H11NS2.C6H11NS.C5H5NS.C5H9NS.C2H4O2.CHNS/c1-11-7-5-3-2-4-6-9-8-10;1-10-6-4-2-3-5-8-7-9;1-9-5-3-2-4-7-6-8;1-2-3-4-5-7-6-8;7-4-6-5-2-1-3-5;1-3-5(2)6-4-7;1-2(3)4;2-1-3/h2-7H2,1H3;2-6H2,1H3;2-5H2,1H3;2-5H2,1H3;1-2,5H,3H2;5H,3H2,1-2H3;1H3,(H,3,4);2H. The van der Waals surface area contributed by atoms with Crippen LogP contribution in [0.1, 0.15) is 118 Å². The molecule has 0 bridgehead atoms. The van der Waals surface area contributed by atoms with E-state index in [0.29, 0.717) is 12.1 Å². The van der Waals surface area contributed by atoms with E-state index in [9.17, 15) is 0 Å². The fourth-order valence-corrected chi connectivity index (χ4v) is 5.23. The van der Waals surface area contributed by atoms with Crippen molar-refractivity contribution >= 4 is 163 Å². The summed E-state index contributed by atoms with van der Waals surface area (Å²) in [6, 6.07) is 0.718. The molecule has 2 N–H and O–H groups in total. The highest BCUT2D eigenvalue weighted by Gasteiger charge is 2.04. The summed E-state index contributed by atoms with van der Waals surface area (Å²) in [5.74, 6) is 2.95. The Morgan fingerprint density at radius 3 is 1.22 bits per heavy atom. The molecule has 1 rings (SSSR count). The van der Waals surface area contributed by atoms with Gasteiger partial charge in [0.25, 0.3) is 5.97 Å². The fraction of sp³-hybridized carbons (Fsp3) is 0.750. The number of carbonyl (C=O) groups is 1. The molecule has 0 saturated heterocycles. The molecule has 2 atom stereocenters. The SMILES string of the molecule is CC(=O)O.CCC(C)N=C=S.CCCCCN=C=S.CSCCCCCCN=C=S.CSCCCCCN=C=S.CSCCCCN=C=S.N=C=S.S=C=NC1C=CC1. The van der Waals surface area contributed by atoms with Gasteiger partial charge in [0.2, 0.25) is 0 Å². The van der Waals surface area contributed by atoms with Crippen LogP contribution in [-0.4, -0.2) is 121 Å². The number of thiocarbonyl (C=S) groups is 7. The second-order valence-electron chi connectivity index (χ2n) is 11.3. The Balaban J connectivity index is -0.000000107. The Morgan fingerprint density at radius 1 is 0.661 bits per heavy atom. The first-order chi connectivity index (χ1) is 28.5. The van der Waals surface area contributed by atoms with E-state index >= 15 is 0 Å². The van der Waals surface area contributed by atoms with Crippen molar-refractivity contribution in [3.05, 3.63) is 12.2 Å². The van der Waals surface area contributed by atoms with E-state index < -0.39 is 5.97 Å². The van der Waals surface area contributed by atoms with Crippen molar-refractivity contribution in [3.8, 4) is 0 Å². The number of carboxylic acid groups (broad SMARTS) is 1. The molecule has 0 spiro atoms. The van der Waals surface area contributed by atoms with Gasteiger partial charge in [-0.15, -0.1) is 0 Å². The average Bonchev–Trinajstić information content (AvgIpc) is 3.20. The third-order valence-corrected chi connectivity index (χ3v) is 9.12. The van der Waals surface area contributed by atoms with E-state index in [1.54, 1.807) is 5.16 Å².